The number of hydrogen-bond donors (Lipinski definition) is 0. The van der Waals surface area contributed by atoms with Crippen LogP contribution in [-0.2, 0) is 22.4 Å². The van der Waals surface area contributed by atoms with Crippen LogP contribution in [0.3, 0.4) is 0 Å². The standard InChI is InChI=1S/C25H26O4/c1-14(2)17-11-12-20-21(13-17)23(29-25(27)16(5)6)19-10-8-7-9-18(19)22(20)28-24(26)15(3)4/h7-11,14H,3,5,12-13H2,1-2,4,6H3. The molecular weight excluding hydrogens is 364 g/mol. The highest BCUT2D eigenvalue weighted by atomic mass is 16.5. The topological polar surface area (TPSA) is 52.6 Å². The van der Waals surface area contributed by atoms with E-state index in [1.165, 1.54) is 5.57 Å². The van der Waals surface area contributed by atoms with Crippen molar-refractivity contribution in [2.75, 3.05) is 0 Å². The maximum absolute atomic E-state index is 12.4. The molecule has 4 nitrogen and oxygen atoms in total. The number of fused-ring (bicyclic) bond motifs is 2. The lowest BCUT2D eigenvalue weighted by atomic mass is 9.83. The van der Waals surface area contributed by atoms with E-state index in [2.05, 4.69) is 33.1 Å². The van der Waals surface area contributed by atoms with E-state index >= 15 is 0 Å². The van der Waals surface area contributed by atoms with E-state index in [9.17, 15) is 9.59 Å². The summed E-state index contributed by atoms with van der Waals surface area (Å²) in [7, 11) is 0. The van der Waals surface area contributed by atoms with Gasteiger partial charge >= 0.3 is 11.9 Å². The largest absolute Gasteiger partial charge is 0.422 e. The molecule has 2 aromatic carbocycles. The van der Waals surface area contributed by atoms with Gasteiger partial charge in [0.2, 0.25) is 0 Å². The maximum Gasteiger partial charge on any atom is 0.338 e. The molecule has 2 aromatic rings. The molecule has 3 rings (SSSR count). The van der Waals surface area contributed by atoms with Crippen molar-refractivity contribution in [3.8, 4) is 11.5 Å². The van der Waals surface area contributed by atoms with E-state index < -0.39 is 11.9 Å². The van der Waals surface area contributed by atoms with Crippen LogP contribution in [0.1, 0.15) is 38.8 Å². The zero-order valence-corrected chi connectivity index (χ0v) is 17.4. The van der Waals surface area contributed by atoms with Gasteiger partial charge in [0.1, 0.15) is 11.5 Å². The number of carbonyl (C=O) groups is 2. The van der Waals surface area contributed by atoms with Crippen LogP contribution in [0.25, 0.3) is 10.8 Å². The highest BCUT2D eigenvalue weighted by molar-refractivity contribution is 6.01. The molecule has 150 valence electrons. The average molecular weight is 390 g/mol. The molecule has 0 aromatic heterocycles. The molecule has 0 bridgehead atoms. The fourth-order valence-electron chi connectivity index (χ4n) is 3.42. The Kier molecular flexibility index (Phi) is 5.73. The molecule has 0 fully saturated rings. The summed E-state index contributed by atoms with van der Waals surface area (Å²) in [5.41, 5.74) is 3.67. The highest BCUT2D eigenvalue weighted by Gasteiger charge is 2.27. The van der Waals surface area contributed by atoms with Gasteiger partial charge in [0.05, 0.1) is 0 Å². The Bertz CT molecular complexity index is 1070. The van der Waals surface area contributed by atoms with E-state index in [1.807, 2.05) is 24.3 Å². The molecule has 0 atom stereocenters. The Morgan fingerprint density at radius 1 is 0.897 bits per heavy atom. The first-order valence-corrected chi connectivity index (χ1v) is 9.71. The van der Waals surface area contributed by atoms with E-state index in [-0.39, 0.29) is 0 Å². The van der Waals surface area contributed by atoms with Crippen molar-refractivity contribution in [2.24, 2.45) is 5.92 Å². The molecule has 1 aliphatic rings. The molecule has 4 heteroatoms. The van der Waals surface area contributed by atoms with Gasteiger partial charge < -0.3 is 9.47 Å². The van der Waals surface area contributed by atoms with Crippen molar-refractivity contribution in [1.82, 2.24) is 0 Å². The number of benzene rings is 2. The van der Waals surface area contributed by atoms with Gasteiger partial charge in [-0.05, 0) is 32.6 Å². The second-order valence-corrected chi connectivity index (χ2v) is 7.82. The van der Waals surface area contributed by atoms with Gasteiger partial charge in [-0.1, -0.05) is 62.9 Å². The van der Waals surface area contributed by atoms with Gasteiger partial charge in [0.25, 0.3) is 0 Å². The van der Waals surface area contributed by atoms with Crippen LogP contribution < -0.4 is 9.47 Å². The number of esters is 2. The zero-order valence-electron chi connectivity index (χ0n) is 17.4. The molecule has 0 saturated heterocycles. The summed E-state index contributed by atoms with van der Waals surface area (Å²) < 4.78 is 11.6. The molecule has 0 aliphatic heterocycles. The molecule has 0 amide bonds. The lowest BCUT2D eigenvalue weighted by Crippen LogP contribution is -2.17. The third-order valence-corrected chi connectivity index (χ3v) is 5.11. The molecule has 0 unspecified atom stereocenters. The SMILES string of the molecule is C=C(C)C(=O)Oc1c2c(c(OC(=O)C(=C)C)c3ccccc13)CC(C(C)C)=CC2. The lowest BCUT2D eigenvalue weighted by Gasteiger charge is -2.26. The van der Waals surface area contributed by atoms with Crippen LogP contribution in [0, 0.1) is 5.92 Å². The predicted molar refractivity (Wildman–Crippen MR) is 115 cm³/mol. The molecule has 1 aliphatic carbocycles. The Morgan fingerprint density at radius 3 is 1.83 bits per heavy atom. The Labute approximate surface area is 171 Å². The Hall–Kier alpha value is -3.14. The molecular formula is C25H26O4. The maximum atomic E-state index is 12.4. The minimum absolute atomic E-state index is 0.329. The van der Waals surface area contributed by atoms with E-state index in [1.54, 1.807) is 13.8 Å². The zero-order chi connectivity index (χ0) is 21.3. The van der Waals surface area contributed by atoms with Crippen molar-refractivity contribution in [3.63, 3.8) is 0 Å². The summed E-state index contributed by atoms with van der Waals surface area (Å²) in [5.74, 6) is 0.454. The van der Waals surface area contributed by atoms with Gasteiger partial charge in [-0.15, -0.1) is 0 Å². The first-order chi connectivity index (χ1) is 13.7. The summed E-state index contributed by atoms with van der Waals surface area (Å²) in [4.78, 5) is 24.7. The number of hydrogen-bond acceptors (Lipinski definition) is 4. The summed E-state index contributed by atoms with van der Waals surface area (Å²) >= 11 is 0. The summed E-state index contributed by atoms with van der Waals surface area (Å²) in [6, 6.07) is 7.49. The predicted octanol–water partition coefficient (Wildman–Crippen LogP) is 5.48. The van der Waals surface area contributed by atoms with Gasteiger partial charge in [0, 0.05) is 33.0 Å². The van der Waals surface area contributed by atoms with Crippen molar-refractivity contribution >= 4 is 22.7 Å². The van der Waals surface area contributed by atoms with Crippen molar-refractivity contribution < 1.29 is 19.1 Å². The fraction of sp³-hybridized carbons (Fsp3) is 0.280. The quantitative estimate of drug-likeness (QED) is 0.293. The molecule has 0 heterocycles. The fourth-order valence-corrected chi connectivity index (χ4v) is 3.42. The van der Waals surface area contributed by atoms with Crippen LogP contribution in [0.15, 0.2) is 60.2 Å². The number of allylic oxidation sites excluding steroid dienone is 2. The number of ether oxygens (including phenoxy) is 2. The third-order valence-electron chi connectivity index (χ3n) is 5.11. The van der Waals surface area contributed by atoms with E-state index in [0.29, 0.717) is 41.4 Å². The third kappa shape index (κ3) is 4.02. The summed E-state index contributed by atoms with van der Waals surface area (Å²) in [6.45, 7) is 14.9. The lowest BCUT2D eigenvalue weighted by molar-refractivity contribution is -0.131. The molecule has 0 N–H and O–H groups in total. The van der Waals surface area contributed by atoms with Crippen molar-refractivity contribution in [1.29, 1.82) is 0 Å². The normalized spacial score (nSPS) is 12.9. The van der Waals surface area contributed by atoms with Gasteiger partial charge in [-0.3, -0.25) is 0 Å². The second kappa shape index (κ2) is 8.08. The smallest absolute Gasteiger partial charge is 0.338 e. The second-order valence-electron chi connectivity index (χ2n) is 7.82. The van der Waals surface area contributed by atoms with Crippen molar-refractivity contribution in [3.05, 3.63) is 71.3 Å². The number of rotatable bonds is 5. The minimum atomic E-state index is -0.470. The van der Waals surface area contributed by atoms with Gasteiger partial charge in [0.15, 0.2) is 0 Å². The molecule has 0 radical (unpaired) electrons. The monoisotopic (exact) mass is 390 g/mol. The summed E-state index contributed by atoms with van der Waals surface area (Å²) in [6.07, 6.45) is 3.41. The van der Waals surface area contributed by atoms with E-state index in [0.717, 1.165) is 21.9 Å². The highest BCUT2D eigenvalue weighted by Crippen LogP contribution is 2.45. The first-order valence-electron chi connectivity index (χ1n) is 9.71. The van der Waals surface area contributed by atoms with Crippen LogP contribution in [-0.4, -0.2) is 11.9 Å². The van der Waals surface area contributed by atoms with Crippen LogP contribution in [0.2, 0.25) is 0 Å². The Balaban J connectivity index is 2.29. The van der Waals surface area contributed by atoms with Gasteiger partial charge in [-0.2, -0.15) is 0 Å². The average Bonchev–Trinajstić information content (AvgIpc) is 2.69. The van der Waals surface area contributed by atoms with Crippen LogP contribution in [0.4, 0.5) is 0 Å². The molecule has 29 heavy (non-hydrogen) atoms. The Morgan fingerprint density at radius 2 is 1.38 bits per heavy atom. The van der Waals surface area contributed by atoms with Crippen LogP contribution in [0.5, 0.6) is 11.5 Å². The molecule has 0 saturated carbocycles. The first kappa shape index (κ1) is 20.6. The van der Waals surface area contributed by atoms with Crippen molar-refractivity contribution in [2.45, 2.75) is 40.5 Å². The summed E-state index contributed by atoms with van der Waals surface area (Å²) in [5, 5.41) is 1.46. The van der Waals surface area contributed by atoms with Crippen LogP contribution >= 0.6 is 0 Å². The molecule has 0 spiro atoms. The van der Waals surface area contributed by atoms with Gasteiger partial charge in [-0.25, -0.2) is 9.59 Å². The van der Waals surface area contributed by atoms with E-state index in [4.69, 9.17) is 9.47 Å². The minimum Gasteiger partial charge on any atom is -0.422 e. The number of carbonyl (C=O) groups excluding carboxylic acids is 2.